The molecule has 0 atom stereocenters. The van der Waals surface area contributed by atoms with E-state index < -0.39 is 0 Å². The minimum absolute atomic E-state index is 0. The van der Waals surface area contributed by atoms with Crippen molar-refractivity contribution in [3.63, 3.8) is 0 Å². The van der Waals surface area contributed by atoms with E-state index in [1.165, 1.54) is 0 Å². The Hall–Kier alpha value is 0.984. The number of likely N-dealkylation sites (N-methyl/N-ethyl adjacent to an activating group) is 1. The minimum atomic E-state index is -0.144. The van der Waals surface area contributed by atoms with Gasteiger partial charge >= 0.3 is 0 Å². The van der Waals surface area contributed by atoms with Crippen molar-refractivity contribution in [3.05, 3.63) is 6.54 Å². The molecule has 0 aliphatic carbocycles. The maximum atomic E-state index is 8.61. The summed E-state index contributed by atoms with van der Waals surface area (Å²) in [5.41, 5.74) is 0. The molecule has 0 bridgehead atoms. The Balaban J connectivity index is 0. The number of aliphatic hydroxyl groups excluding tert-OH is 2. The van der Waals surface area contributed by atoms with Gasteiger partial charge in [-0.1, -0.05) is 0 Å². The van der Waals surface area contributed by atoms with E-state index in [9.17, 15) is 0 Å². The van der Waals surface area contributed by atoms with Crippen LogP contribution in [0.15, 0.2) is 0 Å². The summed E-state index contributed by atoms with van der Waals surface area (Å²) in [5.74, 6) is 0. The fourth-order valence-corrected chi connectivity index (χ4v) is 0.526. The van der Waals surface area contributed by atoms with Gasteiger partial charge in [-0.3, -0.25) is 6.54 Å². The first-order valence-corrected chi connectivity index (χ1v) is 2.99. The molecule has 0 rings (SSSR count). The molecule has 0 aromatic heterocycles. The van der Waals surface area contributed by atoms with Crippen LogP contribution in [0, 0.1) is 6.54 Å². The molecule has 3 nitrogen and oxygen atoms in total. The zero-order chi connectivity index (χ0) is 7.28. The van der Waals surface area contributed by atoms with Crippen molar-refractivity contribution >= 4 is 0 Å². The standard InChI is InChI=1S/C6H14NO2.Y/c1-3-7(2)6(4-8)5-9;/h3,6,8-9H,4-5H2,1-2H3;/q-1;. The van der Waals surface area contributed by atoms with Crippen LogP contribution < -0.4 is 0 Å². The molecule has 1 radical (unpaired) electrons. The van der Waals surface area contributed by atoms with Gasteiger partial charge in [0.05, 0.1) is 13.2 Å². The van der Waals surface area contributed by atoms with E-state index in [2.05, 4.69) is 0 Å². The normalized spacial score (nSPS) is 10.2. The van der Waals surface area contributed by atoms with Gasteiger partial charge in [0.25, 0.3) is 0 Å². The van der Waals surface area contributed by atoms with E-state index in [0.29, 0.717) is 0 Å². The minimum Gasteiger partial charge on any atom is -0.453 e. The molecule has 0 aromatic carbocycles. The van der Waals surface area contributed by atoms with Crippen LogP contribution in [0.5, 0.6) is 0 Å². The van der Waals surface area contributed by atoms with Crippen molar-refractivity contribution in [2.45, 2.75) is 13.0 Å². The third-order valence-electron chi connectivity index (χ3n) is 1.40. The van der Waals surface area contributed by atoms with E-state index in [0.717, 1.165) is 0 Å². The number of nitrogens with zero attached hydrogens (tertiary/aromatic N) is 1. The second kappa shape index (κ2) is 8.08. The van der Waals surface area contributed by atoms with Gasteiger partial charge < -0.3 is 15.1 Å². The molecule has 0 aromatic rings. The quantitative estimate of drug-likeness (QED) is 0.626. The number of hydrogen-bond donors (Lipinski definition) is 2. The Morgan fingerprint density at radius 2 is 1.80 bits per heavy atom. The van der Waals surface area contributed by atoms with Gasteiger partial charge in [0.1, 0.15) is 0 Å². The largest absolute Gasteiger partial charge is 0.453 e. The van der Waals surface area contributed by atoms with Gasteiger partial charge in [0.15, 0.2) is 0 Å². The van der Waals surface area contributed by atoms with Crippen LogP contribution >= 0.6 is 0 Å². The molecule has 0 aliphatic heterocycles. The summed E-state index contributed by atoms with van der Waals surface area (Å²) in [5, 5.41) is 17.2. The van der Waals surface area contributed by atoms with E-state index in [-0.39, 0.29) is 52.0 Å². The monoisotopic (exact) mass is 221 g/mol. The van der Waals surface area contributed by atoms with Crippen LogP contribution in [0.4, 0.5) is 0 Å². The fraction of sp³-hybridized carbons (Fsp3) is 0.833. The summed E-state index contributed by atoms with van der Waals surface area (Å²) in [4.78, 5) is 1.78. The van der Waals surface area contributed by atoms with Crippen molar-refractivity contribution in [2.75, 3.05) is 20.3 Å². The van der Waals surface area contributed by atoms with Crippen molar-refractivity contribution in [3.8, 4) is 0 Å². The summed E-state index contributed by atoms with van der Waals surface area (Å²) in [7, 11) is 1.82. The predicted molar refractivity (Wildman–Crippen MR) is 35.7 cm³/mol. The van der Waals surface area contributed by atoms with Crippen LogP contribution in [0.2, 0.25) is 0 Å². The topological polar surface area (TPSA) is 43.7 Å². The van der Waals surface area contributed by atoms with Crippen LogP contribution in [0.1, 0.15) is 6.92 Å². The molecule has 0 saturated heterocycles. The molecule has 0 unspecified atom stereocenters. The van der Waals surface area contributed by atoms with Gasteiger partial charge in [-0.2, -0.15) is 6.92 Å². The Morgan fingerprint density at radius 1 is 1.40 bits per heavy atom. The smallest absolute Gasteiger partial charge is 0.0585 e. The molecule has 0 fully saturated rings. The van der Waals surface area contributed by atoms with Gasteiger partial charge in [-0.25, -0.2) is 0 Å². The van der Waals surface area contributed by atoms with Crippen molar-refractivity contribution in [1.29, 1.82) is 0 Å². The SMILES string of the molecule is C[CH-]N(C)C(CO)CO.[Y]. The van der Waals surface area contributed by atoms with Crippen LogP contribution in [0.3, 0.4) is 0 Å². The molecule has 10 heavy (non-hydrogen) atoms. The Bertz CT molecular complexity index is 68.8. The third-order valence-corrected chi connectivity index (χ3v) is 1.40. The first-order chi connectivity index (χ1) is 4.26. The summed E-state index contributed by atoms with van der Waals surface area (Å²) in [6, 6.07) is -0.144. The molecule has 0 heterocycles. The first-order valence-electron chi connectivity index (χ1n) is 2.99. The first kappa shape index (κ1) is 13.6. The molecule has 2 N–H and O–H groups in total. The average Bonchev–Trinajstić information content (AvgIpc) is 1.90. The molecular formula is C6H14NO2Y-. The Kier molecular flexibility index (Phi) is 11.0. The molecule has 0 spiro atoms. The average molecular weight is 221 g/mol. The molecule has 0 amide bonds. The summed E-state index contributed by atoms with van der Waals surface area (Å²) < 4.78 is 0. The van der Waals surface area contributed by atoms with Crippen LogP contribution in [-0.4, -0.2) is 41.4 Å². The van der Waals surface area contributed by atoms with Crippen molar-refractivity contribution < 1.29 is 42.9 Å². The third kappa shape index (κ3) is 4.75. The molecule has 0 saturated carbocycles. The number of rotatable bonds is 4. The maximum absolute atomic E-state index is 8.61. The van der Waals surface area contributed by atoms with E-state index in [1.54, 1.807) is 4.90 Å². The molecule has 4 heteroatoms. The number of hydrogen-bond acceptors (Lipinski definition) is 3. The van der Waals surface area contributed by atoms with Crippen molar-refractivity contribution in [1.82, 2.24) is 4.90 Å². The van der Waals surface area contributed by atoms with Gasteiger partial charge in [-0.15, -0.1) is 0 Å². The summed E-state index contributed by atoms with van der Waals surface area (Å²) >= 11 is 0. The molecule has 59 valence electrons. The summed E-state index contributed by atoms with van der Waals surface area (Å²) in [6.45, 7) is 3.67. The summed E-state index contributed by atoms with van der Waals surface area (Å²) in [6.07, 6.45) is 0. The maximum Gasteiger partial charge on any atom is 0.0585 e. The predicted octanol–water partition coefficient (Wildman–Crippen LogP) is -0.549. The second-order valence-electron chi connectivity index (χ2n) is 1.94. The molecule has 0 aliphatic rings. The zero-order valence-corrected chi connectivity index (χ0v) is 9.33. The van der Waals surface area contributed by atoms with Crippen LogP contribution in [0.25, 0.3) is 0 Å². The van der Waals surface area contributed by atoms with Crippen LogP contribution in [-0.2, 0) is 32.7 Å². The Labute approximate surface area is 87.3 Å². The van der Waals surface area contributed by atoms with Gasteiger partial charge in [0, 0.05) is 38.8 Å². The van der Waals surface area contributed by atoms with E-state index in [4.69, 9.17) is 10.2 Å². The van der Waals surface area contributed by atoms with E-state index >= 15 is 0 Å². The zero-order valence-electron chi connectivity index (χ0n) is 6.49. The number of aliphatic hydroxyl groups is 2. The van der Waals surface area contributed by atoms with Gasteiger partial charge in [0.2, 0.25) is 0 Å². The molecular weight excluding hydrogens is 207 g/mol. The second-order valence-corrected chi connectivity index (χ2v) is 1.94. The van der Waals surface area contributed by atoms with Gasteiger partial charge in [-0.05, 0) is 7.05 Å². The van der Waals surface area contributed by atoms with Crippen molar-refractivity contribution in [2.24, 2.45) is 0 Å². The Morgan fingerprint density at radius 3 is 1.90 bits per heavy atom. The van der Waals surface area contributed by atoms with E-state index in [1.807, 2.05) is 20.5 Å². The fourth-order valence-electron chi connectivity index (χ4n) is 0.526.